The lowest BCUT2D eigenvalue weighted by Crippen LogP contribution is -1.94. The van der Waals surface area contributed by atoms with Gasteiger partial charge in [-0.1, -0.05) is 35.9 Å². The Kier molecular flexibility index (Phi) is 3.00. The van der Waals surface area contributed by atoms with Crippen molar-refractivity contribution < 1.29 is 0 Å². The Morgan fingerprint density at radius 2 is 1.75 bits per heavy atom. The molecule has 0 amide bonds. The molecule has 20 heavy (non-hydrogen) atoms. The number of hydrogen-bond donors (Lipinski definition) is 0. The fourth-order valence-corrected chi connectivity index (χ4v) is 2.34. The normalized spacial score (nSPS) is 10.7. The first-order chi connectivity index (χ1) is 9.67. The van der Waals surface area contributed by atoms with Gasteiger partial charge in [-0.05, 0) is 31.0 Å². The van der Waals surface area contributed by atoms with Gasteiger partial charge in [-0.25, -0.2) is 4.98 Å². The van der Waals surface area contributed by atoms with E-state index in [9.17, 15) is 5.26 Å². The maximum atomic E-state index is 9.41. The van der Waals surface area contributed by atoms with Gasteiger partial charge in [0.25, 0.3) is 0 Å². The van der Waals surface area contributed by atoms with Crippen molar-refractivity contribution in [1.82, 2.24) is 9.38 Å². The van der Waals surface area contributed by atoms with Crippen molar-refractivity contribution in [3.63, 3.8) is 0 Å². The highest BCUT2D eigenvalue weighted by Gasteiger charge is 2.12. The maximum absolute atomic E-state index is 9.41. The summed E-state index contributed by atoms with van der Waals surface area (Å²) in [5, 5.41) is 9.41. The molecule has 0 aliphatic carbocycles. The van der Waals surface area contributed by atoms with Crippen LogP contribution in [-0.4, -0.2) is 9.38 Å². The number of benzene rings is 1. The molecule has 0 aliphatic heterocycles. The van der Waals surface area contributed by atoms with Crippen LogP contribution in [0.5, 0.6) is 0 Å². The van der Waals surface area contributed by atoms with Crippen LogP contribution >= 0.6 is 0 Å². The van der Waals surface area contributed by atoms with Gasteiger partial charge >= 0.3 is 0 Å². The molecule has 0 unspecified atom stereocenters. The lowest BCUT2D eigenvalue weighted by Gasteiger charge is -2.00. The molecule has 3 heteroatoms. The molecule has 0 saturated heterocycles. The lowest BCUT2D eigenvalue weighted by molar-refractivity contribution is 1.08. The number of hydrogen-bond acceptors (Lipinski definition) is 2. The summed E-state index contributed by atoms with van der Waals surface area (Å²) in [4.78, 5) is 4.58. The molecule has 0 bridgehead atoms. The molecule has 3 rings (SSSR count). The number of nitriles is 1. The van der Waals surface area contributed by atoms with E-state index < -0.39 is 0 Å². The molecule has 3 nitrogen and oxygen atoms in total. The van der Waals surface area contributed by atoms with Crippen molar-refractivity contribution >= 4 is 5.65 Å². The predicted octanol–water partition coefficient (Wildman–Crippen LogP) is 3.41. The summed E-state index contributed by atoms with van der Waals surface area (Å²) in [6, 6.07) is 14.6. The molecule has 98 valence electrons. The summed E-state index contributed by atoms with van der Waals surface area (Å²) in [7, 11) is 0. The average Bonchev–Trinajstić information content (AvgIpc) is 2.78. The van der Waals surface area contributed by atoms with Crippen LogP contribution in [0.15, 0.2) is 42.6 Å². The summed E-state index contributed by atoms with van der Waals surface area (Å²) in [6.45, 7) is 4.08. The molecule has 0 aliphatic rings. The van der Waals surface area contributed by atoms with Crippen LogP contribution in [0.1, 0.15) is 28.1 Å². The molecule has 0 N–H and O–H groups in total. The quantitative estimate of drug-likeness (QED) is 0.709. The highest BCUT2D eigenvalue weighted by atomic mass is 15.0. The van der Waals surface area contributed by atoms with Gasteiger partial charge in [0.1, 0.15) is 17.4 Å². The molecule has 1 aromatic carbocycles. The third-order valence-electron chi connectivity index (χ3n) is 3.44. The maximum Gasteiger partial charge on any atom is 0.148 e. The van der Waals surface area contributed by atoms with Crippen molar-refractivity contribution in [2.45, 2.75) is 20.3 Å². The number of fused-ring (bicyclic) bond motifs is 1. The Balaban J connectivity index is 2.07. The zero-order valence-corrected chi connectivity index (χ0v) is 11.6. The minimum atomic E-state index is 0.629. The summed E-state index contributed by atoms with van der Waals surface area (Å²) in [5.74, 6) is 0. The van der Waals surface area contributed by atoms with Crippen LogP contribution in [0.3, 0.4) is 0 Å². The van der Waals surface area contributed by atoms with Gasteiger partial charge in [-0.15, -0.1) is 0 Å². The number of imidazole rings is 1. The molecule has 0 saturated carbocycles. The molecular formula is C17H15N3. The molecule has 0 spiro atoms. The average molecular weight is 261 g/mol. The van der Waals surface area contributed by atoms with Crippen molar-refractivity contribution in [2.75, 3.05) is 0 Å². The van der Waals surface area contributed by atoms with Crippen LogP contribution in [0.4, 0.5) is 0 Å². The third-order valence-corrected chi connectivity index (χ3v) is 3.44. The van der Waals surface area contributed by atoms with Gasteiger partial charge in [0, 0.05) is 12.6 Å². The van der Waals surface area contributed by atoms with E-state index in [0.29, 0.717) is 12.1 Å². The lowest BCUT2D eigenvalue weighted by atomic mass is 10.1. The first kappa shape index (κ1) is 12.4. The highest BCUT2D eigenvalue weighted by molar-refractivity contribution is 5.49. The standard InChI is InChI=1S/C17H15N3/c1-12-3-6-14(7-4-12)9-15-16(10-18)20-11-13(2)5-8-17(20)19-15/h3-8,11H,9H2,1-2H3. The minimum absolute atomic E-state index is 0.629. The predicted molar refractivity (Wildman–Crippen MR) is 78.6 cm³/mol. The molecule has 3 aromatic rings. The Morgan fingerprint density at radius 1 is 1.05 bits per heavy atom. The van der Waals surface area contributed by atoms with Gasteiger partial charge in [-0.2, -0.15) is 5.26 Å². The Bertz CT molecular complexity index is 805. The SMILES string of the molecule is Cc1ccc(Cc2nc3ccc(C)cn3c2C#N)cc1. The first-order valence-corrected chi connectivity index (χ1v) is 6.60. The second-order valence-corrected chi connectivity index (χ2v) is 5.12. The second kappa shape index (κ2) is 4.82. The first-order valence-electron chi connectivity index (χ1n) is 6.60. The van der Waals surface area contributed by atoms with Crippen LogP contribution < -0.4 is 0 Å². The van der Waals surface area contributed by atoms with Crippen LogP contribution in [0.2, 0.25) is 0 Å². The molecule has 2 heterocycles. The number of rotatable bonds is 2. The van der Waals surface area contributed by atoms with E-state index in [-0.39, 0.29) is 0 Å². The van der Waals surface area contributed by atoms with Crippen LogP contribution in [0, 0.1) is 25.2 Å². The van der Waals surface area contributed by atoms with E-state index in [1.54, 1.807) is 0 Å². The van der Waals surface area contributed by atoms with Gasteiger partial charge in [-0.3, -0.25) is 4.40 Å². The third kappa shape index (κ3) is 2.17. The van der Waals surface area contributed by atoms with Gasteiger partial charge in [0.15, 0.2) is 0 Å². The van der Waals surface area contributed by atoms with E-state index in [2.05, 4.69) is 42.2 Å². The summed E-state index contributed by atoms with van der Waals surface area (Å²) < 4.78 is 1.87. The number of aromatic nitrogens is 2. The van der Waals surface area contributed by atoms with E-state index >= 15 is 0 Å². The number of pyridine rings is 1. The van der Waals surface area contributed by atoms with Crippen molar-refractivity contribution in [1.29, 1.82) is 5.26 Å². The molecule has 2 aromatic heterocycles. The molecule has 0 atom stereocenters. The van der Waals surface area contributed by atoms with E-state index in [1.165, 1.54) is 11.1 Å². The molecule has 0 radical (unpaired) electrons. The summed E-state index contributed by atoms with van der Waals surface area (Å²) in [6.07, 6.45) is 2.64. The van der Waals surface area contributed by atoms with E-state index in [1.807, 2.05) is 29.7 Å². The van der Waals surface area contributed by atoms with Crippen molar-refractivity contribution in [3.05, 3.63) is 70.7 Å². The highest BCUT2D eigenvalue weighted by Crippen LogP contribution is 2.17. The second-order valence-electron chi connectivity index (χ2n) is 5.12. The zero-order valence-electron chi connectivity index (χ0n) is 11.6. The monoisotopic (exact) mass is 261 g/mol. The molecular weight excluding hydrogens is 246 g/mol. The minimum Gasteiger partial charge on any atom is -0.291 e. The Labute approximate surface area is 118 Å². The fraction of sp³-hybridized carbons (Fsp3) is 0.176. The van der Waals surface area contributed by atoms with Gasteiger partial charge < -0.3 is 0 Å². The van der Waals surface area contributed by atoms with Crippen LogP contribution in [0.25, 0.3) is 5.65 Å². The summed E-state index contributed by atoms with van der Waals surface area (Å²) in [5.41, 5.74) is 5.82. The molecule has 0 fully saturated rings. The van der Waals surface area contributed by atoms with Crippen molar-refractivity contribution in [3.8, 4) is 6.07 Å². The Hall–Kier alpha value is -2.60. The van der Waals surface area contributed by atoms with Crippen LogP contribution in [-0.2, 0) is 6.42 Å². The van der Waals surface area contributed by atoms with E-state index in [0.717, 1.165) is 16.9 Å². The zero-order chi connectivity index (χ0) is 14.1. The smallest absolute Gasteiger partial charge is 0.148 e. The number of aryl methyl sites for hydroxylation is 2. The summed E-state index contributed by atoms with van der Waals surface area (Å²) >= 11 is 0. The number of nitrogens with zero attached hydrogens (tertiary/aromatic N) is 3. The van der Waals surface area contributed by atoms with Gasteiger partial charge in [0.2, 0.25) is 0 Å². The largest absolute Gasteiger partial charge is 0.291 e. The van der Waals surface area contributed by atoms with Gasteiger partial charge in [0.05, 0.1) is 5.69 Å². The van der Waals surface area contributed by atoms with E-state index in [4.69, 9.17) is 0 Å². The fourth-order valence-electron chi connectivity index (χ4n) is 2.34. The Morgan fingerprint density at radius 3 is 2.45 bits per heavy atom. The topological polar surface area (TPSA) is 41.1 Å². The van der Waals surface area contributed by atoms with Crippen molar-refractivity contribution in [2.24, 2.45) is 0 Å².